The number of nitrogens with zero attached hydrogens (tertiary/aromatic N) is 4. The van der Waals surface area contributed by atoms with Gasteiger partial charge in [0.05, 0.1) is 17.3 Å². The van der Waals surface area contributed by atoms with E-state index in [1.807, 2.05) is 12.1 Å². The number of anilines is 1. The molecule has 0 saturated heterocycles. The number of hydrogen-bond donors (Lipinski definition) is 2. The lowest BCUT2D eigenvalue weighted by atomic mass is 10.2. The van der Waals surface area contributed by atoms with Crippen molar-refractivity contribution >= 4 is 62.8 Å². The number of rotatable bonds is 3. The zero-order valence-electron chi connectivity index (χ0n) is 15.2. The maximum atomic E-state index is 12.5. The molecule has 8 nitrogen and oxygen atoms in total. The summed E-state index contributed by atoms with van der Waals surface area (Å²) in [5.41, 5.74) is 4.65. The molecule has 5 aromatic rings. The molecule has 3 heterocycles. The van der Waals surface area contributed by atoms with E-state index in [1.54, 1.807) is 48.8 Å². The average molecular weight is 432 g/mol. The molecule has 10 heteroatoms. The molecule has 0 fully saturated rings. The van der Waals surface area contributed by atoms with Gasteiger partial charge in [-0.15, -0.1) is 0 Å². The Labute approximate surface area is 179 Å². The fraction of sp³-hybridized carbons (Fsp3) is 0. The summed E-state index contributed by atoms with van der Waals surface area (Å²) in [5.74, 6) is 0.154. The summed E-state index contributed by atoms with van der Waals surface area (Å²) in [6, 6.07) is 14.2. The van der Waals surface area contributed by atoms with Gasteiger partial charge in [-0.05, 0) is 60.7 Å². The van der Waals surface area contributed by atoms with E-state index in [1.165, 1.54) is 0 Å². The Morgan fingerprint density at radius 1 is 1.03 bits per heavy atom. The Bertz CT molecular complexity index is 1400. The standard InChI is InChI=1S/C20H12N6O2S2/c27-18(11-3-5-14-15(8-11)26-30-25-14)24-20(29)22-13-4-6-17-16(9-13)23-19(28-17)12-2-1-7-21-10-12/h1-10H,(H2,22,24,27,29). The highest BCUT2D eigenvalue weighted by Gasteiger charge is 2.12. The molecule has 5 rings (SSSR count). The van der Waals surface area contributed by atoms with Crippen LogP contribution in [0.3, 0.4) is 0 Å². The lowest BCUT2D eigenvalue weighted by molar-refractivity contribution is 0.0978. The number of thiocarbonyl (C=S) groups is 1. The maximum Gasteiger partial charge on any atom is 0.257 e. The predicted molar refractivity (Wildman–Crippen MR) is 118 cm³/mol. The normalized spacial score (nSPS) is 10.9. The molecule has 1 amide bonds. The molecule has 0 aliphatic heterocycles. The number of pyridine rings is 1. The third kappa shape index (κ3) is 3.61. The monoisotopic (exact) mass is 432 g/mol. The van der Waals surface area contributed by atoms with Crippen molar-refractivity contribution in [3.05, 3.63) is 66.5 Å². The number of nitrogens with one attached hydrogen (secondary N) is 2. The summed E-state index contributed by atoms with van der Waals surface area (Å²) >= 11 is 6.38. The molecule has 0 atom stereocenters. The Balaban J connectivity index is 1.30. The Morgan fingerprint density at radius 3 is 2.80 bits per heavy atom. The third-order valence-electron chi connectivity index (χ3n) is 4.30. The molecule has 0 unspecified atom stereocenters. The quantitative estimate of drug-likeness (QED) is 0.412. The van der Waals surface area contributed by atoms with Crippen LogP contribution in [0.5, 0.6) is 0 Å². The van der Waals surface area contributed by atoms with Gasteiger partial charge >= 0.3 is 0 Å². The van der Waals surface area contributed by atoms with E-state index >= 15 is 0 Å². The highest BCUT2D eigenvalue weighted by molar-refractivity contribution is 7.80. The molecule has 0 aliphatic carbocycles. The molecule has 0 bridgehead atoms. The van der Waals surface area contributed by atoms with Crippen molar-refractivity contribution in [2.24, 2.45) is 0 Å². The van der Waals surface area contributed by atoms with Gasteiger partial charge in [0.15, 0.2) is 10.7 Å². The molecule has 0 radical (unpaired) electrons. The topological polar surface area (TPSA) is 106 Å². The molecule has 2 aromatic carbocycles. The molecule has 0 spiro atoms. The van der Waals surface area contributed by atoms with Crippen LogP contribution >= 0.6 is 23.9 Å². The molecule has 146 valence electrons. The van der Waals surface area contributed by atoms with Crippen LogP contribution in [0.2, 0.25) is 0 Å². The van der Waals surface area contributed by atoms with Crippen LogP contribution in [-0.2, 0) is 0 Å². The van der Waals surface area contributed by atoms with E-state index in [4.69, 9.17) is 16.6 Å². The minimum atomic E-state index is -0.330. The lowest BCUT2D eigenvalue weighted by Crippen LogP contribution is -2.34. The second-order valence-electron chi connectivity index (χ2n) is 6.32. The number of amides is 1. The van der Waals surface area contributed by atoms with E-state index in [9.17, 15) is 4.79 Å². The molecule has 30 heavy (non-hydrogen) atoms. The summed E-state index contributed by atoms with van der Waals surface area (Å²) in [6.07, 6.45) is 3.38. The van der Waals surface area contributed by atoms with Crippen molar-refractivity contribution in [1.82, 2.24) is 24.0 Å². The summed E-state index contributed by atoms with van der Waals surface area (Å²) in [5, 5.41) is 5.83. The second kappa shape index (κ2) is 7.58. The van der Waals surface area contributed by atoms with Crippen molar-refractivity contribution < 1.29 is 9.21 Å². The van der Waals surface area contributed by atoms with Crippen LogP contribution in [0.15, 0.2) is 65.3 Å². The van der Waals surface area contributed by atoms with Gasteiger partial charge in [-0.3, -0.25) is 15.1 Å². The summed E-state index contributed by atoms with van der Waals surface area (Å²) < 4.78 is 14.0. The first-order valence-corrected chi connectivity index (χ1v) is 9.95. The van der Waals surface area contributed by atoms with Crippen molar-refractivity contribution in [3.63, 3.8) is 0 Å². The Hall–Kier alpha value is -3.76. The lowest BCUT2D eigenvalue weighted by Gasteiger charge is -2.09. The van der Waals surface area contributed by atoms with Crippen molar-refractivity contribution in [2.45, 2.75) is 0 Å². The average Bonchev–Trinajstić information content (AvgIpc) is 3.40. The third-order valence-corrected chi connectivity index (χ3v) is 5.06. The summed E-state index contributed by atoms with van der Waals surface area (Å²) in [7, 11) is 0. The Kier molecular flexibility index (Phi) is 4.62. The first-order chi connectivity index (χ1) is 14.7. The fourth-order valence-electron chi connectivity index (χ4n) is 2.88. The zero-order chi connectivity index (χ0) is 20.5. The highest BCUT2D eigenvalue weighted by atomic mass is 32.1. The second-order valence-corrected chi connectivity index (χ2v) is 7.26. The van der Waals surface area contributed by atoms with Crippen molar-refractivity contribution in [1.29, 1.82) is 0 Å². The van der Waals surface area contributed by atoms with Gasteiger partial charge in [-0.2, -0.15) is 8.75 Å². The van der Waals surface area contributed by atoms with Crippen LogP contribution in [0.4, 0.5) is 5.69 Å². The fourth-order valence-corrected chi connectivity index (χ4v) is 3.61. The molecule has 0 saturated carbocycles. The first-order valence-electron chi connectivity index (χ1n) is 8.81. The van der Waals surface area contributed by atoms with Gasteiger partial charge < -0.3 is 9.73 Å². The van der Waals surface area contributed by atoms with E-state index in [0.717, 1.165) is 22.8 Å². The van der Waals surface area contributed by atoms with Gasteiger partial charge in [0.1, 0.15) is 16.6 Å². The number of oxazole rings is 1. The van der Waals surface area contributed by atoms with E-state index < -0.39 is 0 Å². The van der Waals surface area contributed by atoms with Crippen LogP contribution in [0, 0.1) is 0 Å². The van der Waals surface area contributed by atoms with Crippen LogP contribution < -0.4 is 10.6 Å². The summed E-state index contributed by atoms with van der Waals surface area (Å²) in [6.45, 7) is 0. The van der Waals surface area contributed by atoms with Gasteiger partial charge in [0.25, 0.3) is 5.91 Å². The van der Waals surface area contributed by atoms with Crippen molar-refractivity contribution in [2.75, 3.05) is 5.32 Å². The van der Waals surface area contributed by atoms with E-state index in [-0.39, 0.29) is 11.0 Å². The Morgan fingerprint density at radius 2 is 1.93 bits per heavy atom. The van der Waals surface area contributed by atoms with Gasteiger partial charge in [-0.25, -0.2) is 4.98 Å². The highest BCUT2D eigenvalue weighted by Crippen LogP contribution is 2.25. The van der Waals surface area contributed by atoms with Gasteiger partial charge in [0, 0.05) is 23.6 Å². The molecule has 0 aliphatic rings. The largest absolute Gasteiger partial charge is 0.436 e. The van der Waals surface area contributed by atoms with Crippen molar-refractivity contribution in [3.8, 4) is 11.5 Å². The van der Waals surface area contributed by atoms with Crippen LogP contribution in [0.1, 0.15) is 10.4 Å². The number of hydrogen-bond acceptors (Lipinski definition) is 8. The minimum absolute atomic E-state index is 0.173. The summed E-state index contributed by atoms with van der Waals surface area (Å²) in [4.78, 5) is 21.0. The minimum Gasteiger partial charge on any atom is -0.436 e. The number of carbonyl (C=O) groups is 1. The molecular weight excluding hydrogens is 420 g/mol. The smallest absolute Gasteiger partial charge is 0.257 e. The van der Waals surface area contributed by atoms with Gasteiger partial charge in [-0.1, -0.05) is 0 Å². The first kappa shape index (κ1) is 18.3. The molecule has 2 N–H and O–H groups in total. The zero-order valence-corrected chi connectivity index (χ0v) is 16.8. The van der Waals surface area contributed by atoms with Gasteiger partial charge in [0.2, 0.25) is 5.89 Å². The number of carbonyl (C=O) groups excluding carboxylic acids is 1. The molecule has 3 aromatic heterocycles. The maximum absolute atomic E-state index is 12.5. The number of fused-ring (bicyclic) bond motifs is 2. The molecular formula is C20H12N6O2S2. The number of benzene rings is 2. The van der Waals surface area contributed by atoms with Crippen LogP contribution in [0.25, 0.3) is 33.6 Å². The number of aromatic nitrogens is 4. The van der Waals surface area contributed by atoms with E-state index in [2.05, 4.69) is 29.3 Å². The van der Waals surface area contributed by atoms with Crippen LogP contribution in [-0.4, -0.2) is 29.7 Å². The SMILES string of the molecule is O=C(NC(=S)Nc1ccc2oc(-c3cccnc3)nc2c1)c1ccc2nsnc2c1. The van der Waals surface area contributed by atoms with E-state index in [0.29, 0.717) is 33.8 Å². The predicted octanol–water partition coefficient (Wildman–Crippen LogP) is 4.02.